The summed E-state index contributed by atoms with van der Waals surface area (Å²) in [7, 11) is 3.99. The largest absolute Gasteiger partial charge is 0.360 e. The van der Waals surface area contributed by atoms with E-state index in [1.165, 1.54) is 11.8 Å². The lowest BCUT2D eigenvalue weighted by Crippen LogP contribution is -2.30. The van der Waals surface area contributed by atoms with E-state index in [4.69, 9.17) is 4.52 Å². The summed E-state index contributed by atoms with van der Waals surface area (Å²) in [5.74, 6) is 1.03. The molecule has 124 valence electrons. The zero-order valence-electron chi connectivity index (χ0n) is 13.5. The average molecular weight is 328 g/mol. The van der Waals surface area contributed by atoms with Crippen LogP contribution in [0.3, 0.4) is 0 Å². The van der Waals surface area contributed by atoms with Gasteiger partial charge in [-0.1, -0.05) is 5.16 Å². The zero-order chi connectivity index (χ0) is 16.5. The van der Waals surface area contributed by atoms with Gasteiger partial charge in [-0.25, -0.2) is 0 Å². The number of hydrogen-bond acceptors (Lipinski definition) is 6. The Morgan fingerprint density at radius 1 is 1.45 bits per heavy atom. The lowest BCUT2D eigenvalue weighted by atomic mass is 10.4. The first-order chi connectivity index (χ1) is 10.4. The number of rotatable bonds is 9. The standard InChI is InChI=1S/C14H24N4O3S/c1-10-8-12(17-21-10)16-14(20)11(2)22-9-13(19)15-6-5-7-18(3)4/h8,11H,5-7,9H2,1-4H3,(H,15,19)(H,16,17,20). The molecule has 2 N–H and O–H groups in total. The van der Waals surface area contributed by atoms with Crippen molar-refractivity contribution in [3.8, 4) is 0 Å². The van der Waals surface area contributed by atoms with Crippen LogP contribution in [0.1, 0.15) is 19.1 Å². The van der Waals surface area contributed by atoms with E-state index >= 15 is 0 Å². The molecule has 22 heavy (non-hydrogen) atoms. The Morgan fingerprint density at radius 3 is 2.77 bits per heavy atom. The number of nitrogens with zero attached hydrogens (tertiary/aromatic N) is 2. The SMILES string of the molecule is Cc1cc(NC(=O)C(C)SCC(=O)NCCCN(C)C)no1. The van der Waals surface area contributed by atoms with E-state index in [1.54, 1.807) is 19.9 Å². The minimum absolute atomic E-state index is 0.0549. The van der Waals surface area contributed by atoms with E-state index in [9.17, 15) is 9.59 Å². The van der Waals surface area contributed by atoms with Crippen LogP contribution in [0.25, 0.3) is 0 Å². The van der Waals surface area contributed by atoms with Crippen molar-refractivity contribution in [1.82, 2.24) is 15.4 Å². The minimum Gasteiger partial charge on any atom is -0.360 e. The average Bonchev–Trinajstić information content (AvgIpc) is 2.85. The molecule has 1 aromatic rings. The van der Waals surface area contributed by atoms with Crippen LogP contribution in [0.15, 0.2) is 10.6 Å². The summed E-state index contributed by atoms with van der Waals surface area (Å²) < 4.78 is 4.88. The van der Waals surface area contributed by atoms with Gasteiger partial charge in [0, 0.05) is 12.6 Å². The highest BCUT2D eigenvalue weighted by Gasteiger charge is 2.16. The number of aryl methyl sites for hydroxylation is 1. The van der Waals surface area contributed by atoms with E-state index in [0.29, 0.717) is 18.1 Å². The van der Waals surface area contributed by atoms with Gasteiger partial charge in [-0.05, 0) is 40.9 Å². The number of amides is 2. The topological polar surface area (TPSA) is 87.5 Å². The van der Waals surface area contributed by atoms with Gasteiger partial charge < -0.3 is 20.1 Å². The third-order valence-electron chi connectivity index (χ3n) is 2.82. The molecule has 0 aromatic carbocycles. The van der Waals surface area contributed by atoms with Gasteiger partial charge in [-0.2, -0.15) is 0 Å². The number of carbonyl (C=O) groups is 2. The molecule has 0 spiro atoms. The summed E-state index contributed by atoms with van der Waals surface area (Å²) in [6.07, 6.45) is 0.908. The summed E-state index contributed by atoms with van der Waals surface area (Å²) in [4.78, 5) is 25.7. The molecule has 0 aliphatic carbocycles. The summed E-state index contributed by atoms with van der Waals surface area (Å²) in [5, 5.41) is 8.84. The summed E-state index contributed by atoms with van der Waals surface area (Å²) in [6, 6.07) is 1.65. The molecule has 0 aliphatic rings. The fraction of sp³-hybridized carbons (Fsp3) is 0.643. The van der Waals surface area contributed by atoms with Crippen molar-refractivity contribution in [2.24, 2.45) is 0 Å². The Morgan fingerprint density at radius 2 is 2.18 bits per heavy atom. The second-order valence-electron chi connectivity index (χ2n) is 5.27. The highest BCUT2D eigenvalue weighted by atomic mass is 32.2. The Balaban J connectivity index is 2.19. The maximum Gasteiger partial charge on any atom is 0.238 e. The smallest absolute Gasteiger partial charge is 0.238 e. The van der Waals surface area contributed by atoms with Gasteiger partial charge in [0.25, 0.3) is 0 Å². The molecule has 0 aliphatic heterocycles. The van der Waals surface area contributed by atoms with E-state index < -0.39 is 0 Å². The maximum atomic E-state index is 11.9. The Bertz CT molecular complexity index is 490. The molecule has 0 fully saturated rings. The first-order valence-electron chi connectivity index (χ1n) is 7.15. The highest BCUT2D eigenvalue weighted by molar-refractivity contribution is 8.01. The molecule has 1 rings (SSSR count). The van der Waals surface area contributed by atoms with Crippen LogP contribution in [0.2, 0.25) is 0 Å². The molecule has 2 amide bonds. The molecule has 8 heteroatoms. The van der Waals surface area contributed by atoms with Crippen LogP contribution >= 0.6 is 11.8 Å². The van der Waals surface area contributed by atoms with E-state index in [-0.39, 0.29) is 22.8 Å². The molecule has 0 bridgehead atoms. The van der Waals surface area contributed by atoms with E-state index in [2.05, 4.69) is 20.7 Å². The molecule has 0 saturated carbocycles. The molecular weight excluding hydrogens is 304 g/mol. The predicted octanol–water partition coefficient (Wildman–Crippen LogP) is 1.11. The number of hydrogen-bond donors (Lipinski definition) is 2. The number of aromatic nitrogens is 1. The number of anilines is 1. The molecular formula is C14H24N4O3S. The molecule has 7 nitrogen and oxygen atoms in total. The van der Waals surface area contributed by atoms with Gasteiger partial charge in [0.1, 0.15) is 5.76 Å². The van der Waals surface area contributed by atoms with Crippen LogP contribution in [-0.2, 0) is 9.59 Å². The maximum absolute atomic E-state index is 11.9. The first-order valence-corrected chi connectivity index (χ1v) is 8.20. The highest BCUT2D eigenvalue weighted by Crippen LogP contribution is 2.14. The lowest BCUT2D eigenvalue weighted by molar-refractivity contribution is -0.118. The van der Waals surface area contributed by atoms with Gasteiger partial charge in [0.2, 0.25) is 11.8 Å². The van der Waals surface area contributed by atoms with Crippen molar-refractivity contribution in [2.75, 3.05) is 38.3 Å². The molecule has 0 saturated heterocycles. The van der Waals surface area contributed by atoms with Crippen LogP contribution in [0.4, 0.5) is 5.82 Å². The minimum atomic E-state index is -0.343. The molecule has 1 unspecified atom stereocenters. The van der Waals surface area contributed by atoms with Gasteiger partial charge in [0.15, 0.2) is 5.82 Å². The third kappa shape index (κ3) is 7.46. The monoisotopic (exact) mass is 328 g/mol. The Kier molecular flexibility index (Phi) is 7.97. The van der Waals surface area contributed by atoms with Crippen molar-refractivity contribution >= 4 is 29.4 Å². The van der Waals surface area contributed by atoms with Gasteiger partial charge in [-0.15, -0.1) is 11.8 Å². The Hall–Kier alpha value is -1.54. The quantitative estimate of drug-likeness (QED) is 0.660. The first kappa shape index (κ1) is 18.5. The van der Waals surface area contributed by atoms with Crippen LogP contribution in [0.5, 0.6) is 0 Å². The van der Waals surface area contributed by atoms with Crippen LogP contribution in [0, 0.1) is 6.92 Å². The summed E-state index contributed by atoms with van der Waals surface area (Å²) >= 11 is 1.29. The number of carbonyl (C=O) groups excluding carboxylic acids is 2. The van der Waals surface area contributed by atoms with Gasteiger partial charge in [-0.3, -0.25) is 9.59 Å². The Labute approximate surface area is 135 Å². The van der Waals surface area contributed by atoms with Crippen molar-refractivity contribution in [3.05, 3.63) is 11.8 Å². The van der Waals surface area contributed by atoms with Crippen LogP contribution in [-0.4, -0.2) is 60.1 Å². The third-order valence-corrected chi connectivity index (χ3v) is 3.96. The number of thioether (sulfide) groups is 1. The van der Waals surface area contributed by atoms with Crippen molar-refractivity contribution in [2.45, 2.75) is 25.5 Å². The van der Waals surface area contributed by atoms with Crippen molar-refractivity contribution < 1.29 is 14.1 Å². The molecule has 0 radical (unpaired) electrons. The zero-order valence-corrected chi connectivity index (χ0v) is 14.3. The van der Waals surface area contributed by atoms with Crippen molar-refractivity contribution in [1.29, 1.82) is 0 Å². The normalized spacial score (nSPS) is 12.2. The predicted molar refractivity (Wildman–Crippen MR) is 88.0 cm³/mol. The number of nitrogens with one attached hydrogen (secondary N) is 2. The summed E-state index contributed by atoms with van der Waals surface area (Å²) in [5.41, 5.74) is 0. The van der Waals surface area contributed by atoms with E-state index in [0.717, 1.165) is 13.0 Å². The molecule has 1 atom stereocenters. The fourth-order valence-electron chi connectivity index (χ4n) is 1.60. The summed E-state index contributed by atoms with van der Waals surface area (Å²) in [6.45, 7) is 5.09. The lowest BCUT2D eigenvalue weighted by Gasteiger charge is -2.11. The molecule has 1 aromatic heterocycles. The van der Waals surface area contributed by atoms with E-state index in [1.807, 2.05) is 14.1 Å². The van der Waals surface area contributed by atoms with Crippen molar-refractivity contribution in [3.63, 3.8) is 0 Å². The van der Waals surface area contributed by atoms with Gasteiger partial charge in [0.05, 0.1) is 11.0 Å². The second kappa shape index (κ2) is 9.47. The molecule has 1 heterocycles. The second-order valence-corrected chi connectivity index (χ2v) is 6.60. The van der Waals surface area contributed by atoms with Gasteiger partial charge >= 0.3 is 0 Å². The fourth-order valence-corrected chi connectivity index (χ4v) is 2.32. The van der Waals surface area contributed by atoms with Crippen LogP contribution < -0.4 is 10.6 Å².